The molecule has 0 radical (unpaired) electrons. The van der Waals surface area contributed by atoms with Crippen LogP contribution in [-0.4, -0.2) is 29.3 Å². The molecule has 0 saturated heterocycles. The molecule has 2 atom stereocenters. The molecule has 0 amide bonds. The molecule has 1 aliphatic carbocycles. The van der Waals surface area contributed by atoms with Crippen LogP contribution in [-0.2, 0) is 4.74 Å². The van der Waals surface area contributed by atoms with Crippen molar-refractivity contribution in [3.05, 3.63) is 29.5 Å². The molecular formula is C15H17ClN2O2. The molecule has 20 heavy (non-hydrogen) atoms. The summed E-state index contributed by atoms with van der Waals surface area (Å²) < 4.78 is 11.5. The summed E-state index contributed by atoms with van der Waals surface area (Å²) in [7, 11) is 1.75. The predicted molar refractivity (Wildman–Crippen MR) is 78.2 cm³/mol. The zero-order chi connectivity index (χ0) is 13.9. The molecule has 2 unspecified atom stereocenters. The van der Waals surface area contributed by atoms with Gasteiger partial charge in [0.1, 0.15) is 6.10 Å². The summed E-state index contributed by atoms with van der Waals surface area (Å²) in [4.78, 5) is 8.45. The van der Waals surface area contributed by atoms with E-state index in [4.69, 9.17) is 21.1 Å². The van der Waals surface area contributed by atoms with E-state index in [1.54, 1.807) is 7.11 Å². The number of benzene rings is 1. The molecule has 4 nitrogen and oxygen atoms in total. The highest BCUT2D eigenvalue weighted by atomic mass is 35.5. The van der Waals surface area contributed by atoms with E-state index in [1.165, 1.54) is 0 Å². The Hall–Kier alpha value is -1.39. The fourth-order valence-electron chi connectivity index (χ4n) is 2.69. The maximum Gasteiger partial charge on any atom is 0.226 e. The molecule has 1 aliphatic rings. The molecule has 106 valence electrons. The lowest BCUT2D eigenvalue weighted by Crippen LogP contribution is -2.29. The molecule has 0 N–H and O–H groups in total. The number of fused-ring (bicyclic) bond motifs is 1. The number of rotatable bonds is 3. The third-order valence-corrected chi connectivity index (χ3v) is 3.90. The number of hydrogen-bond acceptors (Lipinski definition) is 4. The third-order valence-electron chi connectivity index (χ3n) is 3.73. The molecular weight excluding hydrogens is 276 g/mol. The van der Waals surface area contributed by atoms with Gasteiger partial charge in [0.05, 0.1) is 17.0 Å². The van der Waals surface area contributed by atoms with Crippen molar-refractivity contribution in [2.45, 2.75) is 37.9 Å². The monoisotopic (exact) mass is 292 g/mol. The Balaban J connectivity index is 1.86. The Morgan fingerprint density at radius 1 is 1.15 bits per heavy atom. The molecule has 2 aromatic rings. The number of methoxy groups -OCH3 is 1. The smallest absolute Gasteiger partial charge is 0.226 e. The second-order valence-corrected chi connectivity index (χ2v) is 5.42. The zero-order valence-electron chi connectivity index (χ0n) is 11.4. The lowest BCUT2D eigenvalue weighted by molar-refractivity contribution is 0.0200. The van der Waals surface area contributed by atoms with Gasteiger partial charge in [0, 0.05) is 13.5 Å². The van der Waals surface area contributed by atoms with Gasteiger partial charge < -0.3 is 9.47 Å². The summed E-state index contributed by atoms with van der Waals surface area (Å²) >= 11 is 5.97. The number of ether oxygens (including phenoxy) is 2. The minimum Gasteiger partial charge on any atom is -0.474 e. The first-order valence-corrected chi connectivity index (χ1v) is 7.26. The molecule has 5 heteroatoms. The second kappa shape index (κ2) is 5.94. The van der Waals surface area contributed by atoms with Crippen LogP contribution in [0, 0.1) is 0 Å². The fraction of sp³-hybridized carbons (Fsp3) is 0.467. The van der Waals surface area contributed by atoms with Crippen LogP contribution in [0.3, 0.4) is 0 Å². The number of nitrogens with zero attached hydrogens (tertiary/aromatic N) is 2. The first kappa shape index (κ1) is 13.6. The summed E-state index contributed by atoms with van der Waals surface area (Å²) in [6.07, 6.45) is 4.53. The SMILES string of the molecule is COC1CCCC(Oc2nc(Cl)nc3ccccc23)C1. The Morgan fingerprint density at radius 2 is 1.95 bits per heavy atom. The van der Waals surface area contributed by atoms with E-state index in [-0.39, 0.29) is 17.5 Å². The van der Waals surface area contributed by atoms with Crippen LogP contribution in [0.5, 0.6) is 5.88 Å². The van der Waals surface area contributed by atoms with E-state index in [9.17, 15) is 0 Å². The predicted octanol–water partition coefficient (Wildman–Crippen LogP) is 3.62. The maximum atomic E-state index is 6.07. The van der Waals surface area contributed by atoms with Crippen molar-refractivity contribution in [1.82, 2.24) is 9.97 Å². The van der Waals surface area contributed by atoms with E-state index >= 15 is 0 Å². The zero-order valence-corrected chi connectivity index (χ0v) is 12.1. The summed E-state index contributed by atoms with van der Waals surface area (Å²) in [6, 6.07) is 7.74. The lowest BCUT2D eigenvalue weighted by atomic mass is 9.95. The maximum absolute atomic E-state index is 6.07. The van der Waals surface area contributed by atoms with Crippen molar-refractivity contribution in [3.8, 4) is 5.88 Å². The minimum atomic E-state index is 0.128. The molecule has 0 aliphatic heterocycles. The molecule has 1 saturated carbocycles. The van der Waals surface area contributed by atoms with E-state index in [2.05, 4.69) is 9.97 Å². The quantitative estimate of drug-likeness (QED) is 0.811. The van der Waals surface area contributed by atoms with Gasteiger partial charge in [0.15, 0.2) is 0 Å². The van der Waals surface area contributed by atoms with E-state index < -0.39 is 0 Å². The molecule has 0 spiro atoms. The van der Waals surface area contributed by atoms with Crippen LogP contribution >= 0.6 is 11.6 Å². The van der Waals surface area contributed by atoms with Crippen LogP contribution in [0.1, 0.15) is 25.7 Å². The van der Waals surface area contributed by atoms with Crippen molar-refractivity contribution in [1.29, 1.82) is 0 Å². The number of halogens is 1. The standard InChI is InChI=1S/C15H17ClN2O2/c1-19-10-5-4-6-11(9-10)20-14-12-7-2-3-8-13(12)17-15(16)18-14/h2-3,7-8,10-11H,4-6,9H2,1H3. The average Bonchev–Trinajstić information content (AvgIpc) is 2.47. The first-order chi connectivity index (χ1) is 9.76. The highest BCUT2D eigenvalue weighted by molar-refractivity contribution is 6.28. The first-order valence-electron chi connectivity index (χ1n) is 6.88. The third kappa shape index (κ3) is 2.86. The topological polar surface area (TPSA) is 44.2 Å². The highest BCUT2D eigenvalue weighted by Crippen LogP contribution is 2.29. The number of aromatic nitrogens is 2. The van der Waals surface area contributed by atoms with Gasteiger partial charge in [0.25, 0.3) is 0 Å². The minimum absolute atomic E-state index is 0.128. The Labute approximate surface area is 123 Å². The van der Waals surface area contributed by atoms with Crippen LogP contribution < -0.4 is 4.74 Å². The van der Waals surface area contributed by atoms with Gasteiger partial charge >= 0.3 is 0 Å². The average molecular weight is 293 g/mol. The molecule has 0 bridgehead atoms. The van der Waals surface area contributed by atoms with Crippen LogP contribution in [0.25, 0.3) is 10.9 Å². The van der Waals surface area contributed by atoms with Crippen LogP contribution in [0.4, 0.5) is 0 Å². The number of para-hydroxylation sites is 1. The van der Waals surface area contributed by atoms with E-state index in [0.29, 0.717) is 5.88 Å². The van der Waals surface area contributed by atoms with Crippen molar-refractivity contribution >= 4 is 22.5 Å². The van der Waals surface area contributed by atoms with E-state index in [1.807, 2.05) is 24.3 Å². The van der Waals surface area contributed by atoms with Gasteiger partial charge in [-0.1, -0.05) is 12.1 Å². The van der Waals surface area contributed by atoms with E-state index in [0.717, 1.165) is 36.6 Å². The van der Waals surface area contributed by atoms with Gasteiger partial charge in [-0.05, 0) is 43.0 Å². The fourth-order valence-corrected chi connectivity index (χ4v) is 2.86. The molecule has 1 heterocycles. The normalized spacial score (nSPS) is 22.9. The lowest BCUT2D eigenvalue weighted by Gasteiger charge is -2.28. The second-order valence-electron chi connectivity index (χ2n) is 5.08. The number of hydrogen-bond donors (Lipinski definition) is 0. The Morgan fingerprint density at radius 3 is 2.80 bits per heavy atom. The highest BCUT2D eigenvalue weighted by Gasteiger charge is 2.24. The summed E-state index contributed by atoms with van der Waals surface area (Å²) in [5, 5.41) is 1.12. The largest absolute Gasteiger partial charge is 0.474 e. The van der Waals surface area contributed by atoms with Crippen LogP contribution in [0.2, 0.25) is 5.28 Å². The van der Waals surface area contributed by atoms with Crippen molar-refractivity contribution < 1.29 is 9.47 Å². The molecule has 3 rings (SSSR count). The van der Waals surface area contributed by atoms with Crippen molar-refractivity contribution in [2.75, 3.05) is 7.11 Å². The van der Waals surface area contributed by atoms with Crippen LogP contribution in [0.15, 0.2) is 24.3 Å². The van der Waals surface area contributed by atoms with Crippen molar-refractivity contribution in [2.24, 2.45) is 0 Å². The van der Waals surface area contributed by atoms with Gasteiger partial charge in [-0.3, -0.25) is 0 Å². The van der Waals surface area contributed by atoms with Gasteiger partial charge in [-0.15, -0.1) is 0 Å². The Kier molecular flexibility index (Phi) is 4.03. The molecule has 1 aromatic carbocycles. The Bertz CT molecular complexity index is 605. The van der Waals surface area contributed by atoms with Gasteiger partial charge in [0.2, 0.25) is 11.2 Å². The van der Waals surface area contributed by atoms with Gasteiger partial charge in [-0.2, -0.15) is 4.98 Å². The van der Waals surface area contributed by atoms with Gasteiger partial charge in [-0.25, -0.2) is 4.98 Å². The van der Waals surface area contributed by atoms with Crippen molar-refractivity contribution in [3.63, 3.8) is 0 Å². The summed E-state index contributed by atoms with van der Waals surface area (Å²) in [5.41, 5.74) is 0.807. The molecule has 1 aromatic heterocycles. The summed E-state index contributed by atoms with van der Waals surface area (Å²) in [6.45, 7) is 0. The summed E-state index contributed by atoms with van der Waals surface area (Å²) in [5.74, 6) is 0.572. The molecule has 1 fully saturated rings.